The molecule has 0 aliphatic rings. The molecule has 0 amide bonds. The highest BCUT2D eigenvalue weighted by Crippen LogP contribution is 2.25. The number of ether oxygens (including phenoxy) is 3. The first-order valence-corrected chi connectivity index (χ1v) is 7.39. The highest BCUT2D eigenvalue weighted by Gasteiger charge is 2.14. The average molecular weight is 367 g/mol. The van der Waals surface area contributed by atoms with E-state index in [0.717, 1.165) is 0 Å². The molecule has 0 N–H and O–H groups in total. The lowest BCUT2D eigenvalue weighted by Crippen LogP contribution is -2.09. The third-order valence-corrected chi connectivity index (χ3v) is 3.36. The lowest BCUT2D eigenvalue weighted by molar-refractivity contribution is -0.385. The van der Waals surface area contributed by atoms with Gasteiger partial charge in [0.15, 0.2) is 0 Å². The van der Waals surface area contributed by atoms with Crippen LogP contribution >= 0.6 is 0 Å². The number of esters is 1. The van der Waals surface area contributed by atoms with Gasteiger partial charge in [0.1, 0.15) is 18.1 Å². The van der Waals surface area contributed by atoms with Crippen LogP contribution in [-0.2, 0) is 22.6 Å². The second-order valence-corrected chi connectivity index (χ2v) is 5.11. The van der Waals surface area contributed by atoms with Crippen LogP contribution < -0.4 is 9.47 Å². The van der Waals surface area contributed by atoms with Crippen molar-refractivity contribution in [2.75, 3.05) is 7.11 Å². The van der Waals surface area contributed by atoms with E-state index in [2.05, 4.69) is 4.74 Å². The van der Waals surface area contributed by atoms with Gasteiger partial charge in [0.25, 0.3) is 5.69 Å². The van der Waals surface area contributed by atoms with Gasteiger partial charge in [0.05, 0.1) is 18.5 Å². The third kappa shape index (κ3) is 5.40. The number of nitro benzene ring substituents is 1. The largest absolute Gasteiger partial charge is 0.496 e. The summed E-state index contributed by atoms with van der Waals surface area (Å²) in [5.74, 6) is -0.239. The summed E-state index contributed by atoms with van der Waals surface area (Å²) >= 11 is 0. The van der Waals surface area contributed by atoms with E-state index in [4.69, 9.17) is 9.47 Å². The van der Waals surface area contributed by atoms with Crippen molar-refractivity contribution in [3.63, 3.8) is 0 Å². The van der Waals surface area contributed by atoms with Crippen LogP contribution in [0.2, 0.25) is 0 Å². The number of halogens is 2. The van der Waals surface area contributed by atoms with Gasteiger partial charge in [-0.1, -0.05) is 12.1 Å². The van der Waals surface area contributed by atoms with E-state index in [-0.39, 0.29) is 24.5 Å². The highest BCUT2D eigenvalue weighted by molar-refractivity contribution is 5.72. The molecule has 2 aromatic rings. The first kappa shape index (κ1) is 19.1. The predicted molar refractivity (Wildman–Crippen MR) is 86.2 cm³/mol. The quantitative estimate of drug-likeness (QED) is 0.403. The van der Waals surface area contributed by atoms with Crippen LogP contribution in [0.3, 0.4) is 0 Å². The van der Waals surface area contributed by atoms with E-state index in [1.54, 1.807) is 0 Å². The van der Waals surface area contributed by atoms with Crippen molar-refractivity contribution in [1.82, 2.24) is 0 Å². The molecule has 26 heavy (non-hydrogen) atoms. The molecule has 2 aromatic carbocycles. The molecule has 7 nitrogen and oxygen atoms in total. The van der Waals surface area contributed by atoms with Crippen molar-refractivity contribution < 1.29 is 32.7 Å². The number of nitro groups is 1. The summed E-state index contributed by atoms with van der Waals surface area (Å²) in [5.41, 5.74) is 0.754. The number of benzene rings is 2. The van der Waals surface area contributed by atoms with Gasteiger partial charge in [0, 0.05) is 17.7 Å². The zero-order chi connectivity index (χ0) is 19.1. The normalized spacial score (nSPS) is 10.5. The molecular formula is C17H15F2NO6. The van der Waals surface area contributed by atoms with Crippen molar-refractivity contribution in [2.24, 2.45) is 0 Å². The number of hydrogen-bond acceptors (Lipinski definition) is 6. The minimum atomic E-state index is -2.92. The van der Waals surface area contributed by atoms with E-state index < -0.39 is 17.5 Å². The second-order valence-electron chi connectivity index (χ2n) is 5.11. The molecular weight excluding hydrogens is 352 g/mol. The van der Waals surface area contributed by atoms with Gasteiger partial charge >= 0.3 is 12.6 Å². The van der Waals surface area contributed by atoms with Crippen molar-refractivity contribution in [2.45, 2.75) is 19.6 Å². The maximum Gasteiger partial charge on any atom is 0.387 e. The molecule has 0 fully saturated rings. The maximum absolute atomic E-state index is 12.1. The fourth-order valence-corrected chi connectivity index (χ4v) is 2.16. The second kappa shape index (κ2) is 8.75. The SMILES string of the molecule is COc1ccc([N+](=O)[O-])cc1COC(=O)Cc1ccc(OC(F)F)cc1. The molecule has 138 valence electrons. The van der Waals surface area contributed by atoms with E-state index in [1.165, 1.54) is 49.6 Å². The predicted octanol–water partition coefficient (Wildman–Crippen LogP) is 3.49. The number of carbonyl (C=O) groups is 1. The van der Waals surface area contributed by atoms with Gasteiger partial charge in [-0.3, -0.25) is 14.9 Å². The van der Waals surface area contributed by atoms with Gasteiger partial charge in [-0.25, -0.2) is 0 Å². The smallest absolute Gasteiger partial charge is 0.387 e. The van der Waals surface area contributed by atoms with Crippen LogP contribution in [-0.4, -0.2) is 24.6 Å². The fourth-order valence-electron chi connectivity index (χ4n) is 2.16. The molecule has 0 spiro atoms. The van der Waals surface area contributed by atoms with Crippen molar-refractivity contribution in [1.29, 1.82) is 0 Å². The Hall–Kier alpha value is -3.23. The number of non-ortho nitro benzene ring substituents is 1. The lowest BCUT2D eigenvalue weighted by Gasteiger charge is -2.10. The summed E-state index contributed by atoms with van der Waals surface area (Å²) in [4.78, 5) is 22.2. The van der Waals surface area contributed by atoms with Gasteiger partial charge in [-0.15, -0.1) is 0 Å². The summed E-state index contributed by atoms with van der Waals surface area (Å²) in [6.07, 6.45) is -0.0911. The number of alkyl halides is 2. The first-order chi connectivity index (χ1) is 12.4. The van der Waals surface area contributed by atoms with E-state index >= 15 is 0 Å². The maximum atomic E-state index is 12.1. The average Bonchev–Trinajstić information content (AvgIpc) is 2.60. The van der Waals surface area contributed by atoms with Crippen LogP contribution in [0.5, 0.6) is 11.5 Å². The van der Waals surface area contributed by atoms with Gasteiger partial charge in [0.2, 0.25) is 0 Å². The Morgan fingerprint density at radius 3 is 2.46 bits per heavy atom. The lowest BCUT2D eigenvalue weighted by atomic mass is 10.1. The summed E-state index contributed by atoms with van der Waals surface area (Å²) < 4.78 is 38.6. The molecule has 0 heterocycles. The Kier molecular flexibility index (Phi) is 6.42. The van der Waals surface area contributed by atoms with Crippen molar-refractivity contribution >= 4 is 11.7 Å². The molecule has 0 saturated heterocycles. The minimum Gasteiger partial charge on any atom is -0.496 e. The summed E-state index contributed by atoms with van der Waals surface area (Å²) in [6, 6.07) is 9.54. The Morgan fingerprint density at radius 2 is 1.88 bits per heavy atom. The van der Waals surface area contributed by atoms with Crippen LogP contribution in [0.25, 0.3) is 0 Å². The summed E-state index contributed by atoms with van der Waals surface area (Å²) in [6.45, 7) is -3.12. The molecule has 0 aliphatic heterocycles. The molecule has 2 rings (SSSR count). The van der Waals surface area contributed by atoms with E-state index in [9.17, 15) is 23.7 Å². The molecule has 9 heteroatoms. The third-order valence-electron chi connectivity index (χ3n) is 3.36. The Bertz CT molecular complexity index is 779. The highest BCUT2D eigenvalue weighted by atomic mass is 19.3. The number of hydrogen-bond donors (Lipinski definition) is 0. The topological polar surface area (TPSA) is 87.9 Å². The van der Waals surface area contributed by atoms with Gasteiger partial charge in [-0.2, -0.15) is 8.78 Å². The number of carbonyl (C=O) groups excluding carboxylic acids is 1. The monoisotopic (exact) mass is 367 g/mol. The molecule has 0 aromatic heterocycles. The Balaban J connectivity index is 1.96. The van der Waals surface area contributed by atoms with Crippen LogP contribution in [0.15, 0.2) is 42.5 Å². The van der Waals surface area contributed by atoms with E-state index in [1.807, 2.05) is 0 Å². The van der Waals surface area contributed by atoms with Crippen LogP contribution in [0, 0.1) is 10.1 Å². The fraction of sp³-hybridized carbons (Fsp3) is 0.235. The Labute approximate surface area is 147 Å². The van der Waals surface area contributed by atoms with Gasteiger partial charge in [-0.05, 0) is 23.8 Å². The van der Waals surface area contributed by atoms with Crippen LogP contribution in [0.4, 0.5) is 14.5 Å². The molecule has 0 aliphatic carbocycles. The van der Waals surface area contributed by atoms with Crippen molar-refractivity contribution in [3.8, 4) is 11.5 Å². The van der Waals surface area contributed by atoms with E-state index in [0.29, 0.717) is 16.9 Å². The first-order valence-electron chi connectivity index (χ1n) is 7.39. The molecule has 0 unspecified atom stereocenters. The number of nitrogens with zero attached hydrogens (tertiary/aromatic N) is 1. The molecule has 0 bridgehead atoms. The van der Waals surface area contributed by atoms with Crippen LogP contribution in [0.1, 0.15) is 11.1 Å². The molecule has 0 radical (unpaired) electrons. The molecule has 0 atom stereocenters. The standard InChI is InChI=1S/C17H15F2NO6/c1-24-15-7-4-13(20(22)23)9-12(15)10-25-16(21)8-11-2-5-14(6-3-11)26-17(18)19/h2-7,9,17H,8,10H2,1H3. The molecule has 0 saturated carbocycles. The number of methoxy groups -OCH3 is 1. The summed E-state index contributed by atoms with van der Waals surface area (Å²) in [5, 5.41) is 10.8. The van der Waals surface area contributed by atoms with Gasteiger partial charge < -0.3 is 14.2 Å². The van der Waals surface area contributed by atoms with Crippen molar-refractivity contribution in [3.05, 3.63) is 63.7 Å². The minimum absolute atomic E-state index is 0.0153. The number of rotatable bonds is 8. The summed E-state index contributed by atoms with van der Waals surface area (Å²) in [7, 11) is 1.40. The zero-order valence-electron chi connectivity index (χ0n) is 13.7. The Morgan fingerprint density at radius 1 is 1.19 bits per heavy atom. The zero-order valence-corrected chi connectivity index (χ0v) is 13.7.